The van der Waals surface area contributed by atoms with Gasteiger partial charge in [-0.25, -0.2) is 4.79 Å². The summed E-state index contributed by atoms with van der Waals surface area (Å²) in [5, 5.41) is 3.47. The van der Waals surface area contributed by atoms with Crippen LogP contribution in [-0.2, 0) is 23.3 Å². The monoisotopic (exact) mass is 529 g/mol. The number of hydrogen-bond donors (Lipinski definition) is 1. The van der Waals surface area contributed by atoms with E-state index in [0.717, 1.165) is 30.5 Å². The number of nitrogens with zero attached hydrogens (tertiary/aromatic N) is 2. The van der Waals surface area contributed by atoms with E-state index in [4.69, 9.17) is 11.6 Å². The molecule has 0 aromatic heterocycles. The molecule has 0 aliphatic carbocycles. The number of anilines is 1. The molecule has 1 N–H and O–H groups in total. The number of halogens is 4. The molecular formula is C25H31ClF3N3O2S. The van der Waals surface area contributed by atoms with Crippen molar-refractivity contribution >= 4 is 41.0 Å². The second kappa shape index (κ2) is 13.1. The molecule has 0 saturated carbocycles. The molecule has 1 aliphatic rings. The molecule has 1 unspecified atom stereocenters. The van der Waals surface area contributed by atoms with Crippen LogP contribution in [0.15, 0.2) is 42.5 Å². The number of urea groups is 1. The summed E-state index contributed by atoms with van der Waals surface area (Å²) in [7, 11) is 1.77. The molecule has 1 atom stereocenters. The lowest BCUT2D eigenvalue weighted by Crippen LogP contribution is -2.37. The summed E-state index contributed by atoms with van der Waals surface area (Å²) >= 11 is 7.15. The van der Waals surface area contributed by atoms with Crippen molar-refractivity contribution in [2.45, 2.75) is 51.2 Å². The first-order valence-electron chi connectivity index (χ1n) is 11.1. The highest BCUT2D eigenvalue weighted by Crippen LogP contribution is 2.33. The third-order valence-electron chi connectivity index (χ3n) is 5.66. The maximum Gasteiger partial charge on any atom is 0.416 e. The van der Waals surface area contributed by atoms with E-state index in [1.807, 2.05) is 37.4 Å². The average molecular weight is 530 g/mol. The summed E-state index contributed by atoms with van der Waals surface area (Å²) in [4.78, 5) is 26.5. The van der Waals surface area contributed by atoms with Crippen LogP contribution in [0, 0.1) is 0 Å². The van der Waals surface area contributed by atoms with Crippen LogP contribution in [0.25, 0.3) is 0 Å². The van der Waals surface area contributed by atoms with E-state index in [1.165, 1.54) is 17.8 Å². The Kier molecular flexibility index (Phi) is 10.8. The zero-order valence-electron chi connectivity index (χ0n) is 20.3. The number of rotatable bonds is 5. The minimum atomic E-state index is -4.38. The Hall–Kier alpha value is -2.39. The SMILES string of the molecule is CC(=O)N(C)Cc1ccc(Cl)cc1.CSCc1cc(C(F)(F)F)ccc1NC(=O)N1CCCC1C. The molecule has 192 valence electrons. The maximum absolute atomic E-state index is 12.8. The first-order valence-corrected chi connectivity index (χ1v) is 12.9. The van der Waals surface area contributed by atoms with Crippen molar-refractivity contribution in [2.24, 2.45) is 0 Å². The number of likely N-dealkylation sites (tertiary alicyclic amines) is 1. The number of amides is 3. The molecule has 1 heterocycles. The van der Waals surface area contributed by atoms with Crippen LogP contribution in [0.4, 0.5) is 23.7 Å². The van der Waals surface area contributed by atoms with Crippen LogP contribution < -0.4 is 5.32 Å². The quantitative estimate of drug-likeness (QED) is 0.458. The molecule has 3 amide bonds. The highest BCUT2D eigenvalue weighted by molar-refractivity contribution is 7.97. The summed E-state index contributed by atoms with van der Waals surface area (Å²) in [6.07, 6.45) is -0.648. The fraction of sp³-hybridized carbons (Fsp3) is 0.440. The topological polar surface area (TPSA) is 52.7 Å². The van der Waals surface area contributed by atoms with Crippen LogP contribution in [0.2, 0.25) is 5.02 Å². The largest absolute Gasteiger partial charge is 0.416 e. The Morgan fingerprint density at radius 3 is 2.37 bits per heavy atom. The second-order valence-electron chi connectivity index (χ2n) is 8.42. The second-order valence-corrected chi connectivity index (χ2v) is 9.72. The van der Waals surface area contributed by atoms with Crippen molar-refractivity contribution in [2.75, 3.05) is 25.2 Å². The number of carbonyl (C=O) groups is 2. The van der Waals surface area contributed by atoms with Gasteiger partial charge in [-0.15, -0.1) is 0 Å². The van der Waals surface area contributed by atoms with Crippen molar-refractivity contribution in [1.29, 1.82) is 0 Å². The minimum absolute atomic E-state index is 0.0648. The highest BCUT2D eigenvalue weighted by atomic mass is 35.5. The van der Waals surface area contributed by atoms with Gasteiger partial charge in [-0.1, -0.05) is 23.7 Å². The van der Waals surface area contributed by atoms with Gasteiger partial charge in [-0.2, -0.15) is 24.9 Å². The summed E-state index contributed by atoms with van der Waals surface area (Å²) in [6, 6.07) is 10.9. The molecule has 0 spiro atoms. The van der Waals surface area contributed by atoms with Crippen molar-refractivity contribution < 1.29 is 22.8 Å². The first-order chi connectivity index (χ1) is 16.4. The van der Waals surface area contributed by atoms with Gasteiger partial charge in [-0.05, 0) is 67.5 Å². The third-order valence-corrected chi connectivity index (χ3v) is 6.51. The Balaban J connectivity index is 0.000000283. The van der Waals surface area contributed by atoms with Gasteiger partial charge in [-0.3, -0.25) is 4.79 Å². The van der Waals surface area contributed by atoms with Crippen molar-refractivity contribution in [3.8, 4) is 0 Å². The molecule has 1 saturated heterocycles. The lowest BCUT2D eigenvalue weighted by atomic mass is 10.1. The Morgan fingerprint density at radius 1 is 1.20 bits per heavy atom. The fourth-order valence-electron chi connectivity index (χ4n) is 3.56. The number of benzene rings is 2. The summed E-state index contributed by atoms with van der Waals surface area (Å²) in [6.45, 7) is 4.84. The Labute approximate surface area is 214 Å². The van der Waals surface area contributed by atoms with Gasteiger partial charge in [0, 0.05) is 49.6 Å². The predicted octanol–water partition coefficient (Wildman–Crippen LogP) is 6.90. The van der Waals surface area contributed by atoms with Gasteiger partial charge >= 0.3 is 12.2 Å². The lowest BCUT2D eigenvalue weighted by Gasteiger charge is -2.23. The Bertz CT molecular complexity index is 1000. The van der Waals surface area contributed by atoms with Crippen LogP contribution >= 0.6 is 23.4 Å². The molecule has 0 bridgehead atoms. The molecule has 5 nitrogen and oxygen atoms in total. The van der Waals surface area contributed by atoms with Crippen LogP contribution in [-0.4, -0.2) is 47.6 Å². The highest BCUT2D eigenvalue weighted by Gasteiger charge is 2.31. The summed E-state index contributed by atoms with van der Waals surface area (Å²) in [5.74, 6) is 0.477. The van der Waals surface area contributed by atoms with Gasteiger partial charge in [0.1, 0.15) is 0 Å². The van der Waals surface area contributed by atoms with Crippen LogP contribution in [0.1, 0.15) is 43.4 Å². The molecule has 1 fully saturated rings. The number of alkyl halides is 3. The number of carbonyl (C=O) groups excluding carboxylic acids is 2. The molecular weight excluding hydrogens is 499 g/mol. The van der Waals surface area contributed by atoms with E-state index in [2.05, 4.69) is 5.32 Å². The third kappa shape index (κ3) is 8.96. The number of hydrogen-bond acceptors (Lipinski definition) is 3. The molecule has 0 radical (unpaired) electrons. The van der Waals surface area contributed by atoms with Crippen molar-refractivity contribution in [1.82, 2.24) is 9.80 Å². The van der Waals surface area contributed by atoms with Crippen LogP contribution in [0.5, 0.6) is 0 Å². The van der Waals surface area contributed by atoms with Crippen molar-refractivity contribution in [3.05, 3.63) is 64.2 Å². The van der Waals surface area contributed by atoms with Gasteiger partial charge < -0.3 is 15.1 Å². The van der Waals surface area contributed by atoms with E-state index in [0.29, 0.717) is 35.1 Å². The number of nitrogens with one attached hydrogen (secondary N) is 1. The van der Waals surface area contributed by atoms with E-state index < -0.39 is 11.7 Å². The molecule has 2 aromatic rings. The average Bonchev–Trinajstić information content (AvgIpc) is 3.22. The lowest BCUT2D eigenvalue weighted by molar-refractivity contribution is -0.137. The standard InChI is InChI=1S/C15H19F3N2OS.C10H12ClNO/c1-10-4-3-7-20(10)14(21)19-13-6-5-12(15(16,17)18)8-11(13)9-22-2;1-8(13)12(2)7-9-3-5-10(11)6-4-9/h5-6,8,10H,3-4,7,9H2,1-2H3,(H,19,21);3-6H,7H2,1-2H3. The van der Waals surface area contributed by atoms with E-state index >= 15 is 0 Å². The first kappa shape index (κ1) is 28.8. The molecule has 35 heavy (non-hydrogen) atoms. The van der Waals surface area contributed by atoms with Gasteiger partial charge in [0.2, 0.25) is 5.91 Å². The summed E-state index contributed by atoms with van der Waals surface area (Å²) in [5.41, 5.74) is 1.33. The fourth-order valence-corrected chi connectivity index (χ4v) is 4.24. The van der Waals surface area contributed by atoms with Gasteiger partial charge in [0.05, 0.1) is 5.56 Å². The molecule has 3 rings (SSSR count). The molecule has 2 aromatic carbocycles. The number of thioether (sulfide) groups is 1. The van der Waals surface area contributed by atoms with E-state index in [-0.39, 0.29) is 18.0 Å². The van der Waals surface area contributed by atoms with Gasteiger partial charge in [0.15, 0.2) is 0 Å². The van der Waals surface area contributed by atoms with E-state index in [1.54, 1.807) is 23.8 Å². The van der Waals surface area contributed by atoms with Gasteiger partial charge in [0.25, 0.3) is 0 Å². The smallest absolute Gasteiger partial charge is 0.342 e. The summed E-state index contributed by atoms with van der Waals surface area (Å²) < 4.78 is 38.4. The van der Waals surface area contributed by atoms with E-state index in [9.17, 15) is 22.8 Å². The predicted molar refractivity (Wildman–Crippen MR) is 137 cm³/mol. The molecule has 1 aliphatic heterocycles. The zero-order chi connectivity index (χ0) is 26.2. The Morgan fingerprint density at radius 2 is 1.86 bits per heavy atom. The molecule has 10 heteroatoms. The maximum atomic E-state index is 12.8. The minimum Gasteiger partial charge on any atom is -0.342 e. The zero-order valence-corrected chi connectivity index (χ0v) is 21.9. The van der Waals surface area contributed by atoms with Crippen LogP contribution in [0.3, 0.4) is 0 Å². The normalized spacial score (nSPS) is 15.3. The van der Waals surface area contributed by atoms with Crippen molar-refractivity contribution in [3.63, 3.8) is 0 Å².